The molecule has 0 nitrogen and oxygen atoms in total. The molecule has 0 aliphatic rings. The molecule has 0 amide bonds. The summed E-state index contributed by atoms with van der Waals surface area (Å²) in [7, 11) is 0. The Morgan fingerprint density at radius 1 is 0.211 bits per heavy atom. The van der Waals surface area contributed by atoms with E-state index in [0.717, 1.165) is 0 Å². The van der Waals surface area contributed by atoms with Gasteiger partial charge in [-0.25, -0.2) is 0 Å². The largest absolute Gasteiger partial charge is 0.358 e. The van der Waals surface area contributed by atoms with E-state index in [1.54, 1.807) is 0 Å². The van der Waals surface area contributed by atoms with Crippen molar-refractivity contribution in [3.8, 4) is 0 Å². The van der Waals surface area contributed by atoms with Gasteiger partial charge in [-0.3, -0.25) is 0 Å². The second-order valence-corrected chi connectivity index (χ2v) is 6.00. The summed E-state index contributed by atoms with van der Waals surface area (Å²) in [4.78, 5) is 0. The Hall–Kier alpha value is 9.14. The van der Waals surface area contributed by atoms with E-state index in [4.69, 9.17) is 0 Å². The summed E-state index contributed by atoms with van der Waals surface area (Å²) in [6.45, 7) is 49.5. The van der Waals surface area contributed by atoms with Crippen LogP contribution in [-0.4, -0.2) is 0 Å². The van der Waals surface area contributed by atoms with Gasteiger partial charge in [0.15, 0.2) is 0 Å². The summed E-state index contributed by atoms with van der Waals surface area (Å²) in [5.74, 6) is 0. The van der Waals surface area contributed by atoms with E-state index in [9.17, 15) is 0 Å². The van der Waals surface area contributed by atoms with Gasteiger partial charge in [0.2, 0.25) is 0 Å². The summed E-state index contributed by atoms with van der Waals surface area (Å²) in [5.41, 5.74) is 1.00. The fourth-order valence-electron chi connectivity index (χ4n) is 0. The van der Waals surface area contributed by atoms with E-state index in [1.165, 1.54) is 0 Å². The molecule has 0 saturated carbocycles. The maximum atomic E-state index is 2.19. The Morgan fingerprint density at radius 3 is 0.211 bits per heavy atom. The summed E-state index contributed by atoms with van der Waals surface area (Å²) in [6.07, 6.45) is 0. The van der Waals surface area contributed by atoms with E-state index >= 15 is 0 Å². The predicted molar refractivity (Wildman–Crippen MR) is 167 cm³/mol. The third-order valence-corrected chi connectivity index (χ3v) is 0. The first kappa shape index (κ1) is 159. The van der Waals surface area contributed by atoms with Crippen molar-refractivity contribution in [2.75, 3.05) is 0 Å². The molecule has 0 atom stereocenters. The smallest absolute Gasteiger partial charge is 0 e. The minimum absolute atomic E-state index is 0. The molecule has 0 rings (SSSR count). The minimum Gasteiger partial charge on any atom is -0.358 e. The number of hydrogen-bond acceptors (Lipinski definition) is 0. The van der Waals surface area contributed by atoms with E-state index in [0.29, 0.717) is 10.8 Å². The number of rotatable bonds is 0. The Kier molecular flexibility index (Phi) is 879. The average Bonchev–Trinajstić information content (AvgIpc) is 2.65. The second kappa shape index (κ2) is 210. The van der Waals surface area contributed by atoms with Crippen molar-refractivity contribution in [2.45, 2.75) is 166 Å². The van der Waals surface area contributed by atoms with Crippen molar-refractivity contribution in [1.82, 2.24) is 0 Å². The van der Waals surface area contributed by atoms with Crippen LogP contribution in [0.25, 0.3) is 0 Å². The van der Waals surface area contributed by atoms with Crippen LogP contribution in [-0.2, 0) is 196 Å². The van der Waals surface area contributed by atoms with Gasteiger partial charge in [-0.2, -0.15) is 0 Å². The summed E-state index contributed by atoms with van der Waals surface area (Å²) in [6, 6.07) is 0. The first-order chi connectivity index (χ1) is 12.0. The molecule has 0 bridgehead atoms. The summed E-state index contributed by atoms with van der Waals surface area (Å²) in [5, 5.41) is 0. The molecule has 0 aromatic rings. The molecule has 0 unspecified atom stereocenters. The molecule has 0 aromatic heterocycles. The second-order valence-electron chi connectivity index (χ2n) is 6.00. The van der Waals surface area contributed by atoms with Gasteiger partial charge in [0.05, 0.1) is 0 Å². The third-order valence-electron chi connectivity index (χ3n) is 0. The molecule has 0 aliphatic carbocycles. The fourth-order valence-corrected chi connectivity index (χ4v) is 0. The van der Waals surface area contributed by atoms with Crippen LogP contribution >= 0.6 is 0 Å². The van der Waals surface area contributed by atoms with Crippen molar-refractivity contribution in [3.05, 3.63) is 29.7 Å². The Balaban J connectivity index is -0.00000000372. The van der Waals surface area contributed by atoms with E-state index in [-0.39, 0.29) is 301 Å². The normalized spacial score (nSPS) is 4.42. The van der Waals surface area contributed by atoms with Crippen LogP contribution in [0.3, 0.4) is 0 Å². The molecule has 0 fully saturated rings. The van der Waals surface area contributed by atoms with Crippen molar-refractivity contribution in [2.24, 2.45) is 10.8 Å². The number of hydrogen-bond donors (Lipinski definition) is 0. The molecular formula is C30H84Ar2Y6-4. The zero-order valence-corrected chi connectivity index (χ0v) is 51.6. The van der Waals surface area contributed by atoms with Gasteiger partial charge in [-0.1, -0.05) is 166 Å². The maximum absolute atomic E-state index is 2.19. The van der Waals surface area contributed by atoms with Crippen LogP contribution in [0.4, 0.5) is 0 Å². The first-order valence-electron chi connectivity index (χ1n) is 12.0. The van der Waals surface area contributed by atoms with Gasteiger partial charge in [0.25, 0.3) is 0 Å². The molecule has 0 aliphatic heterocycles. The SMILES string of the molecule is CC.CC.CC.CC.CC.CC.CC.CC.CC(C)(C)C.CC(C)(C)C.[Ar].[Ar].[CH3-].[CH3-].[CH3-].[CH3-].[Y].[Y].[Y].[Y].[Y].[Y]. The first-order valence-corrected chi connectivity index (χ1v) is 12.0. The van der Waals surface area contributed by atoms with Crippen LogP contribution in [0.5, 0.6) is 0 Å². The Morgan fingerprint density at radius 2 is 0.211 bits per heavy atom. The molecule has 0 N–H and O–H groups in total. The van der Waals surface area contributed by atoms with Crippen molar-refractivity contribution in [1.29, 1.82) is 0 Å². The molecule has 0 spiro atoms. The van der Waals surface area contributed by atoms with Crippen molar-refractivity contribution < 1.29 is 272 Å². The molecule has 0 saturated heterocycles. The Bertz CT molecular complexity index is 77.7. The van der Waals surface area contributed by atoms with Gasteiger partial charge in [0.1, 0.15) is 0 Å². The van der Waals surface area contributed by atoms with Crippen LogP contribution in [0.15, 0.2) is 0 Å². The van der Waals surface area contributed by atoms with Gasteiger partial charge in [-0.05, 0) is 10.8 Å². The van der Waals surface area contributed by atoms with Gasteiger partial charge >= 0.3 is 0 Å². The van der Waals surface area contributed by atoms with Crippen LogP contribution in [0.1, 0.15) is 166 Å². The zero-order chi connectivity index (χ0) is 25.0. The molecule has 6 radical (unpaired) electrons. The zero-order valence-electron chi connectivity index (χ0n) is 33.2. The standard InChI is InChI=1S/2C5H12.8C2H6.4CH3.2Ar.6Y/c2*1-5(2,3)4;8*1-2;;;;;;;;;;;;/h2*1-4H3;8*1-2H3;4*1H3;;;;;;;;/q;;;;;;;;;;4*-1;;;;;;;;. The quantitative estimate of drug-likeness (QED) is 0.212. The topological polar surface area (TPSA) is 0 Å². The van der Waals surface area contributed by atoms with Crippen LogP contribution < -0.4 is 0 Å². The average molecular weight is 1060 g/mol. The molecule has 0 aromatic carbocycles. The molecule has 8 heteroatoms. The van der Waals surface area contributed by atoms with Crippen LogP contribution in [0, 0.1) is 116 Å². The molecule has 38 heavy (non-hydrogen) atoms. The molecule has 0 heterocycles. The monoisotopic (exact) mass is 1060 g/mol. The Labute approximate surface area is 467 Å². The van der Waals surface area contributed by atoms with Gasteiger partial charge in [0, 0.05) is 272 Å². The van der Waals surface area contributed by atoms with Gasteiger partial charge < -0.3 is 29.7 Å². The van der Waals surface area contributed by atoms with E-state index in [1.807, 2.05) is 111 Å². The fraction of sp³-hybridized carbons (Fsp3) is 0.867. The van der Waals surface area contributed by atoms with Crippen molar-refractivity contribution in [3.63, 3.8) is 0 Å². The van der Waals surface area contributed by atoms with Gasteiger partial charge in [-0.15, -0.1) is 0 Å². The summed E-state index contributed by atoms with van der Waals surface area (Å²) < 4.78 is 0. The third kappa shape index (κ3) is 1050. The molecular weight excluding hydrogens is 974 g/mol. The van der Waals surface area contributed by atoms with Crippen LogP contribution in [0.2, 0.25) is 0 Å². The van der Waals surface area contributed by atoms with E-state index < -0.39 is 0 Å². The maximum Gasteiger partial charge on any atom is 0 e. The molecule has 242 valence electrons. The van der Waals surface area contributed by atoms with E-state index in [2.05, 4.69) is 55.4 Å². The summed E-state index contributed by atoms with van der Waals surface area (Å²) >= 11 is 0. The van der Waals surface area contributed by atoms with Crippen molar-refractivity contribution >= 4 is 0 Å². The minimum atomic E-state index is 0. The predicted octanol–water partition coefficient (Wildman–Crippen LogP) is 14.1.